The highest BCUT2D eigenvalue weighted by molar-refractivity contribution is 6.30. The Kier molecular flexibility index (Phi) is 2.11. The van der Waals surface area contributed by atoms with Crippen LogP contribution in [0.3, 0.4) is 0 Å². The van der Waals surface area contributed by atoms with Gasteiger partial charge in [-0.15, -0.1) is 0 Å². The molecule has 1 N–H and O–H groups in total. The molecular weight excluding hydrogens is 182 g/mol. The highest BCUT2D eigenvalue weighted by Gasteiger charge is 1.98. The summed E-state index contributed by atoms with van der Waals surface area (Å²) in [5, 5.41) is 0.746. The van der Waals surface area contributed by atoms with Gasteiger partial charge >= 0.3 is 0 Å². The van der Waals surface area contributed by atoms with Crippen LogP contribution in [0.4, 0.5) is 0 Å². The van der Waals surface area contributed by atoms with E-state index in [0.717, 1.165) is 16.3 Å². The van der Waals surface area contributed by atoms with Gasteiger partial charge in [0.2, 0.25) is 0 Å². The molecule has 2 heteroatoms. The van der Waals surface area contributed by atoms with E-state index >= 15 is 0 Å². The molecule has 0 amide bonds. The van der Waals surface area contributed by atoms with Gasteiger partial charge in [-0.3, -0.25) is 0 Å². The minimum Gasteiger partial charge on any atom is -0.360 e. The third-order valence-corrected chi connectivity index (χ3v) is 2.23. The minimum atomic E-state index is 0.746. The fourth-order valence-electron chi connectivity index (χ4n) is 1.27. The fraction of sp³-hybridized carbons (Fsp3) is 0.0909. The maximum Gasteiger partial charge on any atom is 0.0586 e. The van der Waals surface area contributed by atoms with Gasteiger partial charge in [-0.2, -0.15) is 0 Å². The summed E-state index contributed by atoms with van der Waals surface area (Å²) in [6.07, 6.45) is 1.79. The predicted octanol–water partition coefficient (Wildman–Crippen LogP) is 3.64. The van der Waals surface area contributed by atoms with Gasteiger partial charge in [0, 0.05) is 11.9 Å². The van der Waals surface area contributed by atoms with Crippen molar-refractivity contribution in [1.82, 2.24) is 4.98 Å². The van der Waals surface area contributed by atoms with Gasteiger partial charge in [-0.1, -0.05) is 41.4 Å². The molecule has 0 saturated heterocycles. The van der Waals surface area contributed by atoms with Crippen molar-refractivity contribution in [3.05, 3.63) is 47.1 Å². The highest BCUT2D eigenvalue weighted by atomic mass is 35.5. The topological polar surface area (TPSA) is 15.8 Å². The van der Waals surface area contributed by atoms with E-state index in [1.807, 2.05) is 6.07 Å². The second-order valence-electron chi connectivity index (χ2n) is 3.10. The second-order valence-corrected chi connectivity index (χ2v) is 3.53. The summed E-state index contributed by atoms with van der Waals surface area (Å²) in [5.74, 6) is 0. The zero-order valence-corrected chi connectivity index (χ0v) is 8.10. The van der Waals surface area contributed by atoms with Gasteiger partial charge in [0.15, 0.2) is 0 Å². The standard InChI is InChI=1S/C11H10ClN/c1-8-2-4-9(5-3-8)11-6-10(12)7-13-11/h2-7,13H,1H3. The summed E-state index contributed by atoms with van der Waals surface area (Å²) in [6, 6.07) is 10.3. The molecule has 0 spiro atoms. The van der Waals surface area contributed by atoms with Crippen LogP contribution >= 0.6 is 11.6 Å². The van der Waals surface area contributed by atoms with Crippen molar-refractivity contribution >= 4 is 11.6 Å². The van der Waals surface area contributed by atoms with Gasteiger partial charge in [-0.05, 0) is 18.6 Å². The number of H-pyrrole nitrogens is 1. The van der Waals surface area contributed by atoms with Crippen LogP contribution in [0.1, 0.15) is 5.56 Å². The molecule has 0 aliphatic heterocycles. The number of hydrogen-bond donors (Lipinski definition) is 1. The Morgan fingerprint density at radius 2 is 1.85 bits per heavy atom. The summed E-state index contributed by atoms with van der Waals surface area (Å²) in [7, 11) is 0. The monoisotopic (exact) mass is 191 g/mol. The van der Waals surface area contributed by atoms with Crippen molar-refractivity contribution in [2.45, 2.75) is 6.92 Å². The van der Waals surface area contributed by atoms with Crippen LogP contribution in [0.2, 0.25) is 5.02 Å². The molecule has 13 heavy (non-hydrogen) atoms. The summed E-state index contributed by atoms with van der Waals surface area (Å²) in [5.41, 5.74) is 3.49. The number of aromatic nitrogens is 1. The molecule has 0 saturated carbocycles. The Morgan fingerprint density at radius 3 is 2.38 bits per heavy atom. The van der Waals surface area contributed by atoms with Crippen LogP contribution < -0.4 is 0 Å². The molecule has 0 unspecified atom stereocenters. The first-order valence-corrected chi connectivity index (χ1v) is 4.54. The lowest BCUT2D eigenvalue weighted by Crippen LogP contribution is -1.76. The van der Waals surface area contributed by atoms with Gasteiger partial charge in [0.1, 0.15) is 0 Å². The van der Waals surface area contributed by atoms with Crippen LogP contribution in [-0.2, 0) is 0 Å². The van der Waals surface area contributed by atoms with Crippen LogP contribution in [0.25, 0.3) is 11.3 Å². The van der Waals surface area contributed by atoms with Crippen LogP contribution in [0.5, 0.6) is 0 Å². The molecule has 0 atom stereocenters. The Bertz CT molecular complexity index is 400. The number of hydrogen-bond acceptors (Lipinski definition) is 0. The third kappa shape index (κ3) is 1.76. The molecule has 0 radical (unpaired) electrons. The molecular formula is C11H10ClN. The summed E-state index contributed by atoms with van der Waals surface area (Å²) in [6.45, 7) is 2.07. The van der Waals surface area contributed by atoms with Crippen LogP contribution in [0.15, 0.2) is 36.5 Å². The van der Waals surface area contributed by atoms with E-state index in [2.05, 4.69) is 36.2 Å². The van der Waals surface area contributed by atoms with Gasteiger partial charge < -0.3 is 4.98 Å². The smallest absolute Gasteiger partial charge is 0.0586 e. The lowest BCUT2D eigenvalue weighted by atomic mass is 10.1. The first kappa shape index (κ1) is 8.39. The van der Waals surface area contributed by atoms with Crippen molar-refractivity contribution < 1.29 is 0 Å². The number of rotatable bonds is 1. The minimum absolute atomic E-state index is 0.746. The zero-order valence-electron chi connectivity index (χ0n) is 7.34. The van der Waals surface area contributed by atoms with Gasteiger partial charge in [0.05, 0.1) is 5.02 Å². The molecule has 1 heterocycles. The Morgan fingerprint density at radius 1 is 1.15 bits per heavy atom. The fourth-order valence-corrected chi connectivity index (χ4v) is 1.43. The first-order valence-electron chi connectivity index (χ1n) is 4.17. The lowest BCUT2D eigenvalue weighted by Gasteiger charge is -1.97. The van der Waals surface area contributed by atoms with E-state index in [1.54, 1.807) is 6.20 Å². The molecule has 1 nitrogen and oxygen atoms in total. The van der Waals surface area contributed by atoms with Crippen molar-refractivity contribution in [2.24, 2.45) is 0 Å². The number of aromatic amines is 1. The van der Waals surface area contributed by atoms with Gasteiger partial charge in [0.25, 0.3) is 0 Å². The van der Waals surface area contributed by atoms with Crippen LogP contribution in [-0.4, -0.2) is 4.98 Å². The number of nitrogens with one attached hydrogen (secondary N) is 1. The van der Waals surface area contributed by atoms with Crippen molar-refractivity contribution in [2.75, 3.05) is 0 Å². The molecule has 1 aromatic carbocycles. The van der Waals surface area contributed by atoms with Crippen molar-refractivity contribution in [1.29, 1.82) is 0 Å². The first-order chi connectivity index (χ1) is 6.25. The molecule has 2 aromatic rings. The molecule has 0 aliphatic carbocycles. The predicted molar refractivity (Wildman–Crippen MR) is 56.0 cm³/mol. The number of benzene rings is 1. The molecule has 66 valence electrons. The summed E-state index contributed by atoms with van der Waals surface area (Å²) < 4.78 is 0. The van der Waals surface area contributed by atoms with E-state index in [1.165, 1.54) is 5.56 Å². The average Bonchev–Trinajstić information content (AvgIpc) is 2.53. The normalized spacial score (nSPS) is 10.3. The molecule has 0 aliphatic rings. The molecule has 0 bridgehead atoms. The van der Waals surface area contributed by atoms with E-state index < -0.39 is 0 Å². The third-order valence-electron chi connectivity index (χ3n) is 2.01. The van der Waals surface area contributed by atoms with Crippen molar-refractivity contribution in [3.63, 3.8) is 0 Å². The van der Waals surface area contributed by atoms with Crippen LogP contribution in [0, 0.1) is 6.92 Å². The zero-order chi connectivity index (χ0) is 9.26. The quantitative estimate of drug-likeness (QED) is 0.709. The molecule has 1 aromatic heterocycles. The van der Waals surface area contributed by atoms with E-state index in [0.29, 0.717) is 0 Å². The Hall–Kier alpha value is -1.21. The average molecular weight is 192 g/mol. The molecule has 2 rings (SSSR count). The van der Waals surface area contributed by atoms with E-state index in [9.17, 15) is 0 Å². The lowest BCUT2D eigenvalue weighted by molar-refractivity contribution is 1.39. The Labute approximate surface area is 82.4 Å². The van der Waals surface area contributed by atoms with Crippen molar-refractivity contribution in [3.8, 4) is 11.3 Å². The van der Waals surface area contributed by atoms with Gasteiger partial charge in [-0.25, -0.2) is 0 Å². The van der Waals surface area contributed by atoms with E-state index in [4.69, 9.17) is 11.6 Å². The molecule has 0 fully saturated rings. The number of aryl methyl sites for hydroxylation is 1. The summed E-state index contributed by atoms with van der Waals surface area (Å²) >= 11 is 5.81. The van der Waals surface area contributed by atoms with E-state index in [-0.39, 0.29) is 0 Å². The summed E-state index contributed by atoms with van der Waals surface area (Å²) in [4.78, 5) is 3.11. The maximum absolute atomic E-state index is 5.81. The highest BCUT2D eigenvalue weighted by Crippen LogP contribution is 2.21. The SMILES string of the molecule is Cc1ccc(-c2cc(Cl)c[nH]2)cc1. The Balaban J connectivity index is 2.41. The largest absolute Gasteiger partial charge is 0.360 e. The second kappa shape index (κ2) is 3.27. The number of halogens is 1. The maximum atomic E-state index is 5.81.